The molecule has 0 radical (unpaired) electrons. The number of rotatable bonds is 11. The van der Waals surface area contributed by atoms with Gasteiger partial charge in [0.2, 0.25) is 11.8 Å². The van der Waals surface area contributed by atoms with E-state index in [1.807, 2.05) is 51.1 Å². The van der Waals surface area contributed by atoms with E-state index in [1.165, 1.54) is 17.0 Å². The molecule has 11 heteroatoms. The lowest BCUT2D eigenvalue weighted by molar-refractivity contribution is -0.140. The lowest BCUT2D eigenvalue weighted by Gasteiger charge is -2.35. The van der Waals surface area contributed by atoms with Crippen LogP contribution in [0.25, 0.3) is 0 Å². The molecule has 0 aliphatic heterocycles. The molecule has 0 fully saturated rings. The van der Waals surface area contributed by atoms with Gasteiger partial charge in [-0.3, -0.25) is 13.9 Å². The van der Waals surface area contributed by atoms with Crippen molar-refractivity contribution in [3.05, 3.63) is 129 Å². The Balaban J connectivity index is 1.82. The number of nitrogens with zero attached hydrogens (tertiary/aromatic N) is 2. The summed E-state index contributed by atoms with van der Waals surface area (Å²) in [5.74, 6) is -0.950. The lowest BCUT2D eigenvalue weighted by atomic mass is 10.0. The van der Waals surface area contributed by atoms with Crippen LogP contribution in [0.4, 0.5) is 5.69 Å². The van der Waals surface area contributed by atoms with Gasteiger partial charge in [0.25, 0.3) is 10.0 Å². The van der Waals surface area contributed by atoms with Gasteiger partial charge < -0.3 is 10.2 Å². The highest BCUT2D eigenvalue weighted by Gasteiger charge is 2.35. The van der Waals surface area contributed by atoms with Crippen LogP contribution in [0.3, 0.4) is 0 Å². The van der Waals surface area contributed by atoms with Crippen molar-refractivity contribution < 1.29 is 18.0 Å². The van der Waals surface area contributed by atoms with Crippen molar-refractivity contribution in [3.8, 4) is 0 Å². The van der Waals surface area contributed by atoms with Crippen LogP contribution in [0.5, 0.6) is 0 Å². The van der Waals surface area contributed by atoms with Gasteiger partial charge in [0, 0.05) is 23.0 Å². The summed E-state index contributed by atoms with van der Waals surface area (Å²) in [7, 11) is -4.18. The first-order valence-corrected chi connectivity index (χ1v) is 17.2. The maximum absolute atomic E-state index is 14.5. The third kappa shape index (κ3) is 9.33. The zero-order valence-electron chi connectivity index (χ0n) is 25.1. The normalized spacial score (nSPS) is 12.3. The summed E-state index contributed by atoms with van der Waals surface area (Å²) in [6.07, 6.45) is 0.194. The first-order chi connectivity index (χ1) is 21.2. The third-order valence-corrected chi connectivity index (χ3v) is 9.89. The highest BCUT2D eigenvalue weighted by molar-refractivity contribution is 9.10. The fourth-order valence-corrected chi connectivity index (χ4v) is 6.72. The molecule has 4 rings (SSSR count). The number of hydrogen-bond acceptors (Lipinski definition) is 4. The van der Waals surface area contributed by atoms with Crippen molar-refractivity contribution in [1.29, 1.82) is 0 Å². The lowest BCUT2D eigenvalue weighted by Crippen LogP contribution is -2.56. The molecule has 1 atom stereocenters. The maximum atomic E-state index is 14.5. The number of hydrogen-bond donors (Lipinski definition) is 1. The molecule has 1 N–H and O–H groups in total. The Bertz CT molecular complexity index is 1730. The third-order valence-electron chi connectivity index (χ3n) is 6.83. The van der Waals surface area contributed by atoms with Crippen molar-refractivity contribution in [2.75, 3.05) is 10.8 Å². The number of halogens is 3. The number of nitrogens with one attached hydrogen (secondary N) is 1. The standard InChI is InChI=1S/C34H34BrCl2N3O4S/c1-34(2,3)38-33(42)31(21-24-10-6-4-7-11-24)39(22-25-14-19-29(36)30(37)20-25)32(41)23-40(27-17-15-26(35)16-18-27)45(43,44)28-12-8-5-9-13-28/h4-20,31H,21-23H2,1-3H3,(H,38,42)/t31-/m0/s1. The summed E-state index contributed by atoms with van der Waals surface area (Å²) in [5.41, 5.74) is 1.16. The monoisotopic (exact) mass is 729 g/mol. The number of carbonyl (C=O) groups is 2. The predicted molar refractivity (Wildman–Crippen MR) is 184 cm³/mol. The first kappa shape index (κ1) is 34.5. The Hall–Kier alpha value is -3.37. The fourth-order valence-electron chi connectivity index (χ4n) is 4.70. The molecule has 2 amide bonds. The Morgan fingerprint density at radius 3 is 2.00 bits per heavy atom. The van der Waals surface area contributed by atoms with Crippen LogP contribution in [-0.4, -0.2) is 43.3 Å². The van der Waals surface area contributed by atoms with E-state index < -0.39 is 34.1 Å². The molecule has 45 heavy (non-hydrogen) atoms. The van der Waals surface area contributed by atoms with Crippen molar-refractivity contribution in [2.45, 2.75) is 50.2 Å². The molecule has 236 valence electrons. The van der Waals surface area contributed by atoms with Crippen molar-refractivity contribution in [3.63, 3.8) is 0 Å². The predicted octanol–water partition coefficient (Wildman–Crippen LogP) is 7.51. The van der Waals surface area contributed by atoms with E-state index in [0.29, 0.717) is 21.3 Å². The van der Waals surface area contributed by atoms with Crippen LogP contribution in [0.15, 0.2) is 112 Å². The maximum Gasteiger partial charge on any atom is 0.264 e. The molecule has 0 aromatic heterocycles. The molecule has 0 saturated carbocycles. The molecule has 0 bridgehead atoms. The SMILES string of the molecule is CC(C)(C)NC(=O)[C@H](Cc1ccccc1)N(Cc1ccc(Cl)c(Cl)c1)C(=O)CN(c1ccc(Br)cc1)S(=O)(=O)c1ccccc1. The highest BCUT2D eigenvalue weighted by Crippen LogP contribution is 2.28. The van der Waals surface area contributed by atoms with Crippen LogP contribution < -0.4 is 9.62 Å². The first-order valence-electron chi connectivity index (χ1n) is 14.2. The molecule has 0 saturated heterocycles. The minimum absolute atomic E-state index is 0.0235. The van der Waals surface area contributed by atoms with E-state index in [9.17, 15) is 18.0 Å². The smallest absolute Gasteiger partial charge is 0.264 e. The second-order valence-electron chi connectivity index (χ2n) is 11.5. The number of amides is 2. The van der Waals surface area contributed by atoms with E-state index in [4.69, 9.17) is 23.2 Å². The minimum Gasteiger partial charge on any atom is -0.350 e. The summed E-state index contributed by atoms with van der Waals surface area (Å²) in [4.78, 5) is 29.9. The Morgan fingerprint density at radius 1 is 0.822 bits per heavy atom. The van der Waals surface area contributed by atoms with Gasteiger partial charge in [0.15, 0.2) is 0 Å². The zero-order valence-corrected chi connectivity index (χ0v) is 29.0. The molecule has 0 aliphatic carbocycles. The summed E-state index contributed by atoms with van der Waals surface area (Å²) in [6, 6.07) is 27.9. The minimum atomic E-state index is -4.18. The van der Waals surface area contributed by atoms with Crippen LogP contribution in [-0.2, 0) is 32.6 Å². The Kier molecular flexibility index (Phi) is 11.4. The van der Waals surface area contributed by atoms with E-state index in [1.54, 1.807) is 60.7 Å². The largest absolute Gasteiger partial charge is 0.350 e. The molecule has 0 unspecified atom stereocenters. The number of carbonyl (C=O) groups excluding carboxylic acids is 2. The van der Waals surface area contributed by atoms with Crippen molar-refractivity contribution >= 4 is 66.7 Å². The van der Waals surface area contributed by atoms with Crippen LogP contribution >= 0.6 is 39.1 Å². The van der Waals surface area contributed by atoms with Gasteiger partial charge in [-0.2, -0.15) is 0 Å². The van der Waals surface area contributed by atoms with Gasteiger partial charge in [-0.05, 0) is 80.4 Å². The molecule has 4 aromatic carbocycles. The van der Waals surface area contributed by atoms with E-state index >= 15 is 0 Å². The summed E-state index contributed by atoms with van der Waals surface area (Å²) >= 11 is 15.9. The van der Waals surface area contributed by atoms with Crippen LogP contribution in [0.1, 0.15) is 31.9 Å². The molecule has 0 spiro atoms. The molecule has 7 nitrogen and oxygen atoms in total. The van der Waals surface area contributed by atoms with Gasteiger partial charge in [-0.15, -0.1) is 0 Å². The average Bonchev–Trinajstić information content (AvgIpc) is 3.00. The molecule has 0 aliphatic rings. The average molecular weight is 732 g/mol. The molecular weight excluding hydrogens is 697 g/mol. The highest BCUT2D eigenvalue weighted by atomic mass is 79.9. The van der Waals surface area contributed by atoms with Crippen LogP contribution in [0, 0.1) is 0 Å². The quantitative estimate of drug-likeness (QED) is 0.173. The fraction of sp³-hybridized carbons (Fsp3) is 0.235. The van der Waals surface area contributed by atoms with Gasteiger partial charge in [-0.1, -0.05) is 93.7 Å². The molecular formula is C34H34BrCl2N3O4S. The van der Waals surface area contributed by atoms with Gasteiger partial charge in [-0.25, -0.2) is 8.42 Å². The van der Waals surface area contributed by atoms with Gasteiger partial charge in [0.05, 0.1) is 20.6 Å². The second-order valence-corrected chi connectivity index (χ2v) is 15.1. The number of sulfonamides is 1. The summed E-state index contributed by atoms with van der Waals surface area (Å²) in [5, 5.41) is 3.65. The topological polar surface area (TPSA) is 86.8 Å². The zero-order chi connectivity index (χ0) is 32.8. The molecule has 0 heterocycles. The van der Waals surface area contributed by atoms with E-state index in [2.05, 4.69) is 21.2 Å². The number of anilines is 1. The van der Waals surface area contributed by atoms with Crippen molar-refractivity contribution in [2.24, 2.45) is 0 Å². The van der Waals surface area contributed by atoms with Crippen molar-refractivity contribution in [1.82, 2.24) is 10.2 Å². The van der Waals surface area contributed by atoms with Gasteiger partial charge in [0.1, 0.15) is 12.6 Å². The summed E-state index contributed by atoms with van der Waals surface area (Å²) in [6.45, 7) is 4.99. The molecule has 4 aromatic rings. The van der Waals surface area contributed by atoms with Gasteiger partial charge >= 0.3 is 0 Å². The van der Waals surface area contributed by atoms with E-state index in [0.717, 1.165) is 14.3 Å². The van der Waals surface area contributed by atoms with E-state index in [-0.39, 0.29) is 23.8 Å². The Labute approximate surface area is 283 Å². The summed E-state index contributed by atoms with van der Waals surface area (Å²) < 4.78 is 29.9. The van der Waals surface area contributed by atoms with Crippen LogP contribution in [0.2, 0.25) is 10.0 Å². The number of benzene rings is 4. The Morgan fingerprint density at radius 2 is 1.42 bits per heavy atom. The second kappa shape index (κ2) is 14.8.